The van der Waals surface area contributed by atoms with Gasteiger partial charge in [0.15, 0.2) is 0 Å². The topological polar surface area (TPSA) is 40.6 Å². The Morgan fingerprint density at radius 3 is 2.65 bits per heavy atom. The minimum Gasteiger partial charge on any atom is -0.312 e. The highest BCUT2D eigenvalue weighted by Gasteiger charge is 2.38. The molecule has 2 aromatic carbocycles. The van der Waals surface area contributed by atoms with E-state index in [1.54, 1.807) is 4.90 Å². The van der Waals surface area contributed by atoms with Crippen molar-refractivity contribution in [3.05, 3.63) is 59.7 Å². The van der Waals surface area contributed by atoms with Gasteiger partial charge in [-0.3, -0.25) is 9.59 Å². The van der Waals surface area contributed by atoms with Crippen molar-refractivity contribution in [1.29, 1.82) is 0 Å². The Morgan fingerprint density at radius 1 is 1.12 bits per heavy atom. The maximum Gasteiger partial charge on any atom is 0.232 e. The number of aryl methyl sites for hydroxylation is 2. The molecule has 4 nitrogen and oxygen atoms in total. The molecule has 134 valence electrons. The lowest BCUT2D eigenvalue weighted by molar-refractivity contribution is -0.124. The van der Waals surface area contributed by atoms with Crippen molar-refractivity contribution < 1.29 is 9.59 Å². The lowest BCUT2D eigenvalue weighted by atomic mass is 9.99. The number of anilines is 2. The van der Waals surface area contributed by atoms with E-state index in [1.165, 1.54) is 11.1 Å². The molecule has 0 saturated carbocycles. The second-order valence-electron chi connectivity index (χ2n) is 7.15. The summed E-state index contributed by atoms with van der Waals surface area (Å²) < 4.78 is 0. The van der Waals surface area contributed by atoms with E-state index < -0.39 is 0 Å². The van der Waals surface area contributed by atoms with Gasteiger partial charge in [0.05, 0.1) is 5.92 Å². The Bertz CT molecular complexity index is 828. The zero-order valence-electron chi connectivity index (χ0n) is 15.1. The highest BCUT2D eigenvalue weighted by Crippen LogP contribution is 2.32. The third-order valence-electron chi connectivity index (χ3n) is 5.51. The Hall–Kier alpha value is -2.62. The third kappa shape index (κ3) is 3.00. The summed E-state index contributed by atoms with van der Waals surface area (Å²) in [7, 11) is 0. The first-order valence-electron chi connectivity index (χ1n) is 9.46. The maximum absolute atomic E-state index is 13.1. The number of carbonyl (C=O) groups excluding carboxylic acids is 2. The third-order valence-corrected chi connectivity index (χ3v) is 5.51. The molecule has 2 heterocycles. The van der Waals surface area contributed by atoms with Gasteiger partial charge in [0.1, 0.15) is 0 Å². The average Bonchev–Trinajstić information content (AvgIpc) is 3.08. The molecule has 1 fully saturated rings. The van der Waals surface area contributed by atoms with Gasteiger partial charge in [-0.15, -0.1) is 0 Å². The monoisotopic (exact) mass is 348 g/mol. The fraction of sp³-hybridized carbons (Fsp3) is 0.364. The van der Waals surface area contributed by atoms with Gasteiger partial charge >= 0.3 is 0 Å². The van der Waals surface area contributed by atoms with Crippen LogP contribution >= 0.6 is 0 Å². The Morgan fingerprint density at radius 2 is 1.88 bits per heavy atom. The summed E-state index contributed by atoms with van der Waals surface area (Å²) in [6.07, 6.45) is 3.27. The van der Waals surface area contributed by atoms with Crippen LogP contribution in [0.5, 0.6) is 0 Å². The molecule has 0 aliphatic carbocycles. The molecular weight excluding hydrogens is 324 g/mol. The van der Waals surface area contributed by atoms with Gasteiger partial charge in [0, 0.05) is 30.9 Å². The molecule has 4 rings (SSSR count). The second-order valence-corrected chi connectivity index (χ2v) is 7.15. The number of nitrogens with zero attached hydrogens (tertiary/aromatic N) is 2. The first-order chi connectivity index (χ1) is 12.7. The molecule has 2 aliphatic rings. The van der Waals surface area contributed by atoms with Crippen LogP contribution in [0.1, 0.15) is 30.9 Å². The van der Waals surface area contributed by atoms with E-state index in [-0.39, 0.29) is 17.7 Å². The fourth-order valence-corrected chi connectivity index (χ4v) is 4.02. The van der Waals surface area contributed by atoms with Crippen molar-refractivity contribution in [1.82, 2.24) is 0 Å². The van der Waals surface area contributed by atoms with Crippen LogP contribution in [-0.4, -0.2) is 24.9 Å². The maximum atomic E-state index is 13.1. The molecule has 2 aliphatic heterocycles. The van der Waals surface area contributed by atoms with Crippen LogP contribution < -0.4 is 9.80 Å². The van der Waals surface area contributed by atoms with Crippen LogP contribution in [-0.2, 0) is 22.4 Å². The SMILES string of the molecule is CCc1ccc(N2C[C@@H](C(=O)N3CCCc4ccccc43)CC2=O)cc1. The number of amides is 2. The van der Waals surface area contributed by atoms with E-state index in [4.69, 9.17) is 0 Å². The van der Waals surface area contributed by atoms with Crippen molar-refractivity contribution in [2.75, 3.05) is 22.9 Å². The zero-order valence-corrected chi connectivity index (χ0v) is 15.1. The van der Waals surface area contributed by atoms with E-state index in [1.807, 2.05) is 35.2 Å². The molecule has 2 amide bonds. The summed E-state index contributed by atoms with van der Waals surface area (Å²) in [6, 6.07) is 16.2. The number of para-hydroxylation sites is 1. The number of rotatable bonds is 3. The Labute approximate surface area is 154 Å². The van der Waals surface area contributed by atoms with Gasteiger partial charge in [-0.25, -0.2) is 0 Å². The van der Waals surface area contributed by atoms with E-state index in [9.17, 15) is 9.59 Å². The number of benzene rings is 2. The van der Waals surface area contributed by atoms with Gasteiger partial charge in [0.2, 0.25) is 11.8 Å². The van der Waals surface area contributed by atoms with Crippen LogP contribution in [0.25, 0.3) is 0 Å². The molecule has 1 saturated heterocycles. The first-order valence-corrected chi connectivity index (χ1v) is 9.46. The fourth-order valence-electron chi connectivity index (χ4n) is 4.02. The number of hydrogen-bond acceptors (Lipinski definition) is 2. The minimum absolute atomic E-state index is 0.0397. The highest BCUT2D eigenvalue weighted by atomic mass is 16.2. The largest absolute Gasteiger partial charge is 0.312 e. The van der Waals surface area contributed by atoms with Crippen LogP contribution in [0.15, 0.2) is 48.5 Å². The Kier molecular flexibility index (Phi) is 4.49. The van der Waals surface area contributed by atoms with Gasteiger partial charge in [-0.2, -0.15) is 0 Å². The van der Waals surface area contributed by atoms with Crippen molar-refractivity contribution in [2.45, 2.75) is 32.6 Å². The number of hydrogen-bond donors (Lipinski definition) is 0. The van der Waals surface area contributed by atoms with Crippen LogP contribution in [0.3, 0.4) is 0 Å². The molecular formula is C22H24N2O2. The zero-order chi connectivity index (χ0) is 18.1. The Balaban J connectivity index is 1.52. The van der Waals surface area contributed by atoms with Crippen molar-refractivity contribution in [3.63, 3.8) is 0 Å². The standard InChI is InChI=1S/C22H24N2O2/c1-2-16-9-11-19(12-10-16)24-15-18(14-21(24)25)22(26)23-13-5-7-17-6-3-4-8-20(17)23/h3-4,6,8-12,18H,2,5,7,13-15H2,1H3/t18-/m0/s1. The van der Waals surface area contributed by atoms with Crippen molar-refractivity contribution in [3.8, 4) is 0 Å². The van der Waals surface area contributed by atoms with Gasteiger partial charge in [-0.05, 0) is 48.6 Å². The molecule has 0 N–H and O–H groups in total. The predicted octanol–water partition coefficient (Wildman–Crippen LogP) is 3.58. The van der Waals surface area contributed by atoms with Crippen LogP contribution in [0.2, 0.25) is 0 Å². The summed E-state index contributed by atoms with van der Waals surface area (Å²) in [5.74, 6) is -0.143. The minimum atomic E-state index is -0.264. The lowest BCUT2D eigenvalue weighted by Crippen LogP contribution is -2.40. The summed E-state index contributed by atoms with van der Waals surface area (Å²) in [5, 5.41) is 0. The van der Waals surface area contributed by atoms with E-state index in [0.717, 1.165) is 37.2 Å². The lowest BCUT2D eigenvalue weighted by Gasteiger charge is -2.31. The summed E-state index contributed by atoms with van der Waals surface area (Å²) >= 11 is 0. The van der Waals surface area contributed by atoms with Crippen LogP contribution in [0, 0.1) is 5.92 Å². The molecule has 26 heavy (non-hydrogen) atoms. The highest BCUT2D eigenvalue weighted by molar-refractivity contribution is 6.04. The smallest absolute Gasteiger partial charge is 0.232 e. The normalized spacial score (nSPS) is 19.6. The number of fused-ring (bicyclic) bond motifs is 1. The molecule has 2 aromatic rings. The molecule has 1 atom stereocenters. The molecule has 0 aromatic heterocycles. The second kappa shape index (κ2) is 6.94. The number of carbonyl (C=O) groups is 2. The van der Waals surface area contributed by atoms with Crippen molar-refractivity contribution in [2.24, 2.45) is 5.92 Å². The van der Waals surface area contributed by atoms with E-state index >= 15 is 0 Å². The average molecular weight is 348 g/mol. The first kappa shape index (κ1) is 16.8. The van der Waals surface area contributed by atoms with Crippen molar-refractivity contribution >= 4 is 23.2 Å². The predicted molar refractivity (Wildman–Crippen MR) is 103 cm³/mol. The van der Waals surface area contributed by atoms with Gasteiger partial charge < -0.3 is 9.80 Å². The van der Waals surface area contributed by atoms with Crippen LogP contribution in [0.4, 0.5) is 11.4 Å². The van der Waals surface area contributed by atoms with Gasteiger partial charge in [-0.1, -0.05) is 37.3 Å². The molecule has 0 bridgehead atoms. The summed E-state index contributed by atoms with van der Waals surface area (Å²) in [4.78, 5) is 29.3. The molecule has 0 radical (unpaired) electrons. The van der Waals surface area contributed by atoms with E-state index in [0.29, 0.717) is 13.0 Å². The summed E-state index contributed by atoms with van der Waals surface area (Å²) in [5.41, 5.74) is 4.38. The molecule has 4 heteroatoms. The quantitative estimate of drug-likeness (QED) is 0.851. The summed E-state index contributed by atoms with van der Waals surface area (Å²) in [6.45, 7) is 3.33. The van der Waals surface area contributed by atoms with E-state index in [2.05, 4.69) is 25.1 Å². The van der Waals surface area contributed by atoms with Gasteiger partial charge in [0.25, 0.3) is 0 Å². The molecule has 0 spiro atoms. The molecule has 0 unspecified atom stereocenters.